The van der Waals surface area contributed by atoms with Crippen molar-refractivity contribution in [1.29, 1.82) is 0 Å². The van der Waals surface area contributed by atoms with E-state index in [2.05, 4.69) is 41.4 Å². The zero-order valence-corrected chi connectivity index (χ0v) is 14.1. The van der Waals surface area contributed by atoms with E-state index in [1.54, 1.807) is 0 Å². The summed E-state index contributed by atoms with van der Waals surface area (Å²) in [4.78, 5) is 14.8. The molecule has 0 bridgehead atoms. The third kappa shape index (κ3) is 3.75. The van der Waals surface area contributed by atoms with Crippen molar-refractivity contribution in [3.8, 4) is 0 Å². The minimum Gasteiger partial charge on any atom is -0.380 e. The van der Waals surface area contributed by atoms with Crippen LogP contribution in [0.5, 0.6) is 0 Å². The standard InChI is InChI=1S/C19H28N2O2/c1-15-6-8-16(9-7-15)17(21-12-4-5-13-21)14-20-18(22)19(23)10-2-3-11-19/h6-9,17,23H,2-5,10-14H2,1H3,(H,20,22)/t17-/m0/s1. The Balaban J connectivity index is 1.68. The van der Waals surface area contributed by atoms with Crippen LogP contribution in [0.3, 0.4) is 0 Å². The molecular formula is C19H28N2O2. The fourth-order valence-electron chi connectivity index (χ4n) is 3.84. The summed E-state index contributed by atoms with van der Waals surface area (Å²) < 4.78 is 0. The lowest BCUT2D eigenvalue weighted by Gasteiger charge is -2.30. The van der Waals surface area contributed by atoms with Gasteiger partial charge in [0, 0.05) is 6.54 Å². The molecule has 3 rings (SSSR count). The van der Waals surface area contributed by atoms with Gasteiger partial charge in [0.2, 0.25) is 0 Å². The molecule has 0 spiro atoms. The minimum absolute atomic E-state index is 0.189. The van der Waals surface area contributed by atoms with Gasteiger partial charge in [0.05, 0.1) is 6.04 Å². The van der Waals surface area contributed by atoms with Gasteiger partial charge in [-0.1, -0.05) is 29.8 Å². The van der Waals surface area contributed by atoms with Crippen molar-refractivity contribution in [2.24, 2.45) is 0 Å². The van der Waals surface area contributed by atoms with Crippen molar-refractivity contribution >= 4 is 5.91 Å². The molecule has 23 heavy (non-hydrogen) atoms. The lowest BCUT2D eigenvalue weighted by Crippen LogP contribution is -2.47. The predicted molar refractivity (Wildman–Crippen MR) is 91.2 cm³/mol. The highest BCUT2D eigenvalue weighted by Crippen LogP contribution is 2.30. The summed E-state index contributed by atoms with van der Waals surface area (Å²) in [6.07, 6.45) is 5.52. The highest BCUT2D eigenvalue weighted by atomic mass is 16.3. The van der Waals surface area contributed by atoms with Crippen molar-refractivity contribution in [3.63, 3.8) is 0 Å². The molecule has 1 saturated carbocycles. The zero-order valence-electron chi connectivity index (χ0n) is 14.1. The van der Waals surface area contributed by atoms with Crippen LogP contribution in [0.1, 0.15) is 55.7 Å². The number of likely N-dealkylation sites (tertiary alicyclic amines) is 1. The van der Waals surface area contributed by atoms with Crippen LogP contribution in [0.15, 0.2) is 24.3 Å². The average Bonchev–Trinajstić information content (AvgIpc) is 3.21. The van der Waals surface area contributed by atoms with Crippen LogP contribution < -0.4 is 5.32 Å². The first kappa shape index (κ1) is 16.5. The summed E-state index contributed by atoms with van der Waals surface area (Å²) in [6, 6.07) is 8.78. The molecule has 2 fully saturated rings. The molecule has 1 saturated heterocycles. The van der Waals surface area contributed by atoms with Crippen molar-refractivity contribution in [2.75, 3.05) is 19.6 Å². The SMILES string of the molecule is Cc1ccc([C@H](CNC(=O)C2(O)CCCC2)N2CCCC2)cc1. The minimum atomic E-state index is -1.14. The Hall–Kier alpha value is -1.39. The number of hydrogen-bond acceptors (Lipinski definition) is 3. The number of amides is 1. The Kier molecular flexibility index (Phi) is 5.02. The highest BCUT2D eigenvalue weighted by Gasteiger charge is 2.39. The van der Waals surface area contributed by atoms with Crippen LogP contribution in [0.25, 0.3) is 0 Å². The molecule has 2 aliphatic rings. The molecule has 2 N–H and O–H groups in total. The van der Waals surface area contributed by atoms with Gasteiger partial charge in [-0.2, -0.15) is 0 Å². The fraction of sp³-hybridized carbons (Fsp3) is 0.632. The van der Waals surface area contributed by atoms with Crippen LogP contribution in [0.4, 0.5) is 0 Å². The number of aliphatic hydroxyl groups is 1. The molecule has 1 amide bonds. The quantitative estimate of drug-likeness (QED) is 0.878. The predicted octanol–water partition coefficient (Wildman–Crippen LogP) is 2.55. The Labute approximate surface area is 138 Å². The highest BCUT2D eigenvalue weighted by molar-refractivity contribution is 5.85. The van der Waals surface area contributed by atoms with Gasteiger partial charge in [-0.25, -0.2) is 0 Å². The first-order valence-electron chi connectivity index (χ1n) is 8.90. The van der Waals surface area contributed by atoms with Crippen LogP contribution in [0, 0.1) is 6.92 Å². The first-order valence-corrected chi connectivity index (χ1v) is 8.90. The van der Waals surface area contributed by atoms with Crippen molar-refractivity contribution < 1.29 is 9.90 Å². The summed E-state index contributed by atoms with van der Waals surface area (Å²) in [5.41, 5.74) is 1.36. The third-order valence-corrected chi connectivity index (χ3v) is 5.35. The van der Waals surface area contributed by atoms with Crippen LogP contribution >= 0.6 is 0 Å². The number of carbonyl (C=O) groups is 1. The number of aryl methyl sites for hydroxylation is 1. The van der Waals surface area contributed by atoms with E-state index in [1.165, 1.54) is 24.0 Å². The lowest BCUT2D eigenvalue weighted by atomic mass is 10.00. The molecule has 0 radical (unpaired) electrons. The molecule has 126 valence electrons. The van der Waals surface area contributed by atoms with E-state index in [9.17, 15) is 9.90 Å². The van der Waals surface area contributed by atoms with Gasteiger partial charge in [0.15, 0.2) is 0 Å². The van der Waals surface area contributed by atoms with Crippen LogP contribution in [0.2, 0.25) is 0 Å². The molecule has 0 aromatic heterocycles. The summed E-state index contributed by atoms with van der Waals surface area (Å²) in [7, 11) is 0. The topological polar surface area (TPSA) is 52.6 Å². The fourth-order valence-corrected chi connectivity index (χ4v) is 3.84. The largest absolute Gasteiger partial charge is 0.380 e. The first-order chi connectivity index (χ1) is 11.1. The molecule has 1 aliphatic carbocycles. The maximum absolute atomic E-state index is 12.4. The van der Waals surface area contributed by atoms with Gasteiger partial charge in [0.25, 0.3) is 5.91 Å². The number of benzene rings is 1. The van der Waals surface area contributed by atoms with Gasteiger partial charge in [0.1, 0.15) is 5.60 Å². The van der Waals surface area contributed by atoms with Crippen molar-refractivity contribution in [1.82, 2.24) is 10.2 Å². The molecule has 1 heterocycles. The number of rotatable bonds is 5. The number of hydrogen-bond donors (Lipinski definition) is 2. The maximum Gasteiger partial charge on any atom is 0.252 e. The van der Waals surface area contributed by atoms with E-state index in [0.717, 1.165) is 25.9 Å². The van der Waals surface area contributed by atoms with E-state index in [0.29, 0.717) is 19.4 Å². The maximum atomic E-state index is 12.4. The number of nitrogens with zero attached hydrogens (tertiary/aromatic N) is 1. The summed E-state index contributed by atoms with van der Waals surface area (Å²) in [6.45, 7) is 4.83. The second-order valence-electron chi connectivity index (χ2n) is 7.12. The van der Waals surface area contributed by atoms with Gasteiger partial charge >= 0.3 is 0 Å². The van der Waals surface area contributed by atoms with Crippen LogP contribution in [-0.2, 0) is 4.79 Å². The van der Waals surface area contributed by atoms with Crippen LogP contribution in [-0.4, -0.2) is 41.1 Å². The molecule has 4 heteroatoms. The molecule has 0 unspecified atom stereocenters. The molecule has 1 aromatic carbocycles. The smallest absolute Gasteiger partial charge is 0.252 e. The molecule has 1 atom stereocenters. The number of nitrogens with one attached hydrogen (secondary N) is 1. The van der Waals surface area contributed by atoms with Gasteiger partial charge < -0.3 is 10.4 Å². The van der Waals surface area contributed by atoms with Gasteiger partial charge in [-0.3, -0.25) is 9.69 Å². The van der Waals surface area contributed by atoms with E-state index >= 15 is 0 Å². The third-order valence-electron chi connectivity index (χ3n) is 5.35. The summed E-state index contributed by atoms with van der Waals surface area (Å²) in [5, 5.41) is 13.4. The summed E-state index contributed by atoms with van der Waals surface area (Å²) >= 11 is 0. The second kappa shape index (κ2) is 7.02. The normalized spacial score (nSPS) is 22.2. The Morgan fingerprint density at radius 1 is 1.17 bits per heavy atom. The van der Waals surface area contributed by atoms with E-state index in [4.69, 9.17) is 0 Å². The molecule has 1 aromatic rings. The van der Waals surface area contributed by atoms with Crippen molar-refractivity contribution in [2.45, 2.75) is 57.1 Å². The van der Waals surface area contributed by atoms with Crippen molar-refractivity contribution in [3.05, 3.63) is 35.4 Å². The molecule has 1 aliphatic heterocycles. The second-order valence-corrected chi connectivity index (χ2v) is 7.12. The zero-order chi connectivity index (χ0) is 16.3. The number of carbonyl (C=O) groups excluding carboxylic acids is 1. The Morgan fingerprint density at radius 3 is 2.39 bits per heavy atom. The monoisotopic (exact) mass is 316 g/mol. The van der Waals surface area contributed by atoms with E-state index < -0.39 is 5.60 Å². The lowest BCUT2D eigenvalue weighted by molar-refractivity contribution is -0.139. The van der Waals surface area contributed by atoms with Gasteiger partial charge in [-0.05, 0) is 64.1 Å². The average molecular weight is 316 g/mol. The van der Waals surface area contributed by atoms with E-state index in [-0.39, 0.29) is 11.9 Å². The molecular weight excluding hydrogens is 288 g/mol. The molecule has 4 nitrogen and oxygen atoms in total. The van der Waals surface area contributed by atoms with E-state index in [1.807, 2.05) is 0 Å². The van der Waals surface area contributed by atoms with Gasteiger partial charge in [-0.15, -0.1) is 0 Å². The Morgan fingerprint density at radius 2 is 1.78 bits per heavy atom. The Bertz CT molecular complexity index is 529. The summed E-state index contributed by atoms with van der Waals surface area (Å²) in [5.74, 6) is -0.189.